The first-order valence-corrected chi connectivity index (χ1v) is 5.49. The summed E-state index contributed by atoms with van der Waals surface area (Å²) in [4.78, 5) is 4.55. The molecule has 0 bridgehead atoms. The van der Waals surface area contributed by atoms with Crippen molar-refractivity contribution in [3.05, 3.63) is 52.0 Å². The van der Waals surface area contributed by atoms with Gasteiger partial charge in [-0.25, -0.2) is 4.98 Å². The molecule has 3 rings (SSSR count). The number of nitrogens with zero attached hydrogens (tertiary/aromatic N) is 1. The highest BCUT2D eigenvalue weighted by Crippen LogP contribution is 2.16. The lowest BCUT2D eigenvalue weighted by atomic mass is 10.2. The summed E-state index contributed by atoms with van der Waals surface area (Å²) in [5.41, 5.74) is 7.18. The van der Waals surface area contributed by atoms with Crippen LogP contribution in [-0.4, -0.2) is 4.98 Å². The van der Waals surface area contributed by atoms with Crippen LogP contribution >= 0.6 is 11.3 Å². The molecule has 1 aliphatic rings. The monoisotopic (exact) mass is 209 g/mol. The third-order valence-electron chi connectivity index (χ3n) is 2.18. The fourth-order valence-electron chi connectivity index (χ4n) is 1.47. The summed E-state index contributed by atoms with van der Waals surface area (Å²) in [5, 5.41) is 2.04. The van der Waals surface area contributed by atoms with Gasteiger partial charge in [-0.1, -0.05) is 36.1 Å². The normalized spacial score (nSPS) is 11.7. The molecule has 1 aromatic heterocycles. The number of aromatic nitrogens is 1. The maximum Gasteiger partial charge on any atom is 0.125 e. The van der Waals surface area contributed by atoms with E-state index in [0.717, 1.165) is 20.5 Å². The van der Waals surface area contributed by atoms with Crippen molar-refractivity contribution in [1.82, 2.24) is 4.98 Å². The van der Waals surface area contributed by atoms with E-state index >= 15 is 0 Å². The minimum atomic E-state index is 0.998. The molecule has 2 aromatic rings. The highest BCUT2D eigenvalue weighted by molar-refractivity contribution is 7.12. The summed E-state index contributed by atoms with van der Waals surface area (Å²) in [6.07, 6.45) is 3.81. The maximum atomic E-state index is 4.55. The molecule has 1 aromatic carbocycles. The molecule has 0 saturated heterocycles. The fraction of sp³-hybridized carbons (Fsp3) is 0. The van der Waals surface area contributed by atoms with E-state index in [1.165, 1.54) is 0 Å². The van der Waals surface area contributed by atoms with Crippen LogP contribution in [0.25, 0.3) is 22.4 Å². The average Bonchev–Trinajstić information content (AvgIpc) is 2.74. The van der Waals surface area contributed by atoms with Crippen LogP contribution in [0.5, 0.6) is 0 Å². The van der Waals surface area contributed by atoms with Crippen LogP contribution in [0.4, 0.5) is 0 Å². The first-order chi connectivity index (χ1) is 7.43. The Labute approximate surface area is 91.0 Å². The van der Waals surface area contributed by atoms with Gasteiger partial charge in [-0.2, -0.15) is 0 Å². The molecule has 0 atom stereocenters. The van der Waals surface area contributed by atoms with Crippen molar-refractivity contribution in [2.45, 2.75) is 0 Å². The SMILES string of the molecule is C1=C=c2sc(-c3ccccc3)nc2=CC=1. The predicted molar refractivity (Wildman–Crippen MR) is 62.8 cm³/mol. The van der Waals surface area contributed by atoms with E-state index in [-0.39, 0.29) is 0 Å². The Bertz CT molecular complexity index is 682. The summed E-state index contributed by atoms with van der Waals surface area (Å²) < 4.78 is 1.07. The van der Waals surface area contributed by atoms with Crippen molar-refractivity contribution in [2.75, 3.05) is 0 Å². The van der Waals surface area contributed by atoms with Gasteiger partial charge < -0.3 is 0 Å². The Morgan fingerprint density at radius 3 is 2.80 bits per heavy atom. The van der Waals surface area contributed by atoms with Gasteiger partial charge in [-0.15, -0.1) is 11.3 Å². The van der Waals surface area contributed by atoms with E-state index in [1.807, 2.05) is 30.4 Å². The molecule has 15 heavy (non-hydrogen) atoms. The predicted octanol–water partition coefficient (Wildman–Crippen LogP) is 1.69. The highest BCUT2D eigenvalue weighted by Gasteiger charge is 2.02. The molecule has 0 radical (unpaired) electrons. The lowest BCUT2D eigenvalue weighted by Crippen LogP contribution is -2.19. The van der Waals surface area contributed by atoms with E-state index in [1.54, 1.807) is 11.3 Å². The molecule has 0 saturated carbocycles. The second-order valence-corrected chi connectivity index (χ2v) is 4.20. The molecule has 0 unspecified atom stereocenters. The van der Waals surface area contributed by atoms with Crippen LogP contribution in [0.3, 0.4) is 0 Å². The molecule has 0 N–H and O–H groups in total. The first-order valence-electron chi connectivity index (χ1n) is 4.68. The van der Waals surface area contributed by atoms with E-state index < -0.39 is 0 Å². The minimum absolute atomic E-state index is 0.998. The van der Waals surface area contributed by atoms with Gasteiger partial charge in [-0.3, -0.25) is 0 Å². The number of rotatable bonds is 1. The van der Waals surface area contributed by atoms with Crippen LogP contribution in [-0.2, 0) is 0 Å². The molecule has 1 nitrogen and oxygen atoms in total. The van der Waals surface area contributed by atoms with Crippen molar-refractivity contribution in [3.8, 4) is 10.6 Å². The molecule has 0 fully saturated rings. The van der Waals surface area contributed by atoms with Gasteiger partial charge in [0, 0.05) is 5.56 Å². The van der Waals surface area contributed by atoms with E-state index in [0.29, 0.717) is 0 Å². The van der Waals surface area contributed by atoms with Crippen LogP contribution < -0.4 is 9.88 Å². The standard InChI is InChI=1S/C13H7NS/c1-2-6-10(7-3-1)13-14-11-8-4-5-9-12(11)15-13/h1-4,6-8H. The van der Waals surface area contributed by atoms with E-state index in [9.17, 15) is 0 Å². The van der Waals surface area contributed by atoms with Crippen molar-refractivity contribution in [1.29, 1.82) is 0 Å². The Kier molecular flexibility index (Phi) is 1.90. The molecule has 1 heterocycles. The molecule has 70 valence electrons. The molecule has 0 aliphatic heterocycles. The second kappa shape index (κ2) is 3.38. The van der Waals surface area contributed by atoms with E-state index in [4.69, 9.17) is 0 Å². The lowest BCUT2D eigenvalue weighted by Gasteiger charge is -1.91. The summed E-state index contributed by atoms with van der Waals surface area (Å²) in [6.45, 7) is 0. The van der Waals surface area contributed by atoms with Crippen LogP contribution in [0.1, 0.15) is 0 Å². The number of hydrogen-bond acceptors (Lipinski definition) is 2. The molecule has 0 spiro atoms. The second-order valence-electron chi connectivity index (χ2n) is 3.20. The lowest BCUT2D eigenvalue weighted by molar-refractivity contribution is 1.32. The highest BCUT2D eigenvalue weighted by atomic mass is 32.1. The average molecular weight is 209 g/mol. The van der Waals surface area contributed by atoms with Gasteiger partial charge in [-0.05, 0) is 17.9 Å². The number of fused-ring (bicyclic) bond motifs is 1. The van der Waals surface area contributed by atoms with Crippen LogP contribution in [0.2, 0.25) is 0 Å². The zero-order valence-electron chi connectivity index (χ0n) is 7.90. The zero-order chi connectivity index (χ0) is 10.1. The smallest absolute Gasteiger partial charge is 0.125 e. The summed E-state index contributed by atoms with van der Waals surface area (Å²) >= 11 is 1.65. The van der Waals surface area contributed by atoms with Crippen molar-refractivity contribution in [3.63, 3.8) is 0 Å². The molecule has 2 heteroatoms. The van der Waals surface area contributed by atoms with Gasteiger partial charge in [0.25, 0.3) is 0 Å². The largest absolute Gasteiger partial charge is 0.235 e. The Balaban J connectivity index is 2.27. The molecule has 1 aliphatic carbocycles. The summed E-state index contributed by atoms with van der Waals surface area (Å²) in [6, 6.07) is 10.2. The molecular weight excluding hydrogens is 202 g/mol. The van der Waals surface area contributed by atoms with E-state index in [2.05, 4.69) is 28.6 Å². The number of allylic oxidation sites excluding steroid dienone is 1. The minimum Gasteiger partial charge on any atom is -0.235 e. The Hall–Kier alpha value is -1.85. The topological polar surface area (TPSA) is 12.9 Å². The van der Waals surface area contributed by atoms with Crippen LogP contribution in [0, 0.1) is 0 Å². The van der Waals surface area contributed by atoms with Gasteiger partial charge in [0.2, 0.25) is 0 Å². The zero-order valence-corrected chi connectivity index (χ0v) is 8.71. The molecule has 0 amide bonds. The van der Waals surface area contributed by atoms with Crippen molar-refractivity contribution in [2.24, 2.45) is 0 Å². The van der Waals surface area contributed by atoms with Gasteiger partial charge in [0.1, 0.15) is 9.54 Å². The van der Waals surface area contributed by atoms with Gasteiger partial charge in [0.05, 0.1) is 5.35 Å². The van der Waals surface area contributed by atoms with Gasteiger partial charge in [0.15, 0.2) is 0 Å². The molecular formula is C13H7NS. The third-order valence-corrected chi connectivity index (χ3v) is 3.22. The van der Waals surface area contributed by atoms with Crippen molar-refractivity contribution < 1.29 is 0 Å². The van der Waals surface area contributed by atoms with Crippen molar-refractivity contribution >= 4 is 23.1 Å². The number of thiazole rings is 1. The Morgan fingerprint density at radius 2 is 2.00 bits per heavy atom. The fourth-order valence-corrected chi connectivity index (χ4v) is 2.39. The quantitative estimate of drug-likeness (QED) is 0.651. The summed E-state index contributed by atoms with van der Waals surface area (Å²) in [5.74, 6) is 0. The van der Waals surface area contributed by atoms with Gasteiger partial charge >= 0.3 is 0 Å². The summed E-state index contributed by atoms with van der Waals surface area (Å²) in [7, 11) is 0. The number of hydrogen-bond donors (Lipinski definition) is 0. The number of benzene rings is 1. The Morgan fingerprint density at radius 1 is 1.13 bits per heavy atom. The maximum absolute atomic E-state index is 4.55. The van der Waals surface area contributed by atoms with Crippen LogP contribution in [0.15, 0.2) is 42.1 Å². The first kappa shape index (κ1) is 8.46. The third kappa shape index (κ3) is 1.47.